The minimum atomic E-state index is -0.211. The fourth-order valence-electron chi connectivity index (χ4n) is 2.43. The standard InChI is InChI=1S/C14H19ClO2/c15-12-6-3-7-13(10-12)17-9-8-14(16)11-4-1-2-5-11/h3,6-7,10-11,14,16H,1-2,4-5,8-9H2. The second-order valence-corrected chi connectivity index (χ2v) is 5.14. The van der Waals surface area contributed by atoms with Gasteiger partial charge in [0.25, 0.3) is 0 Å². The number of rotatable bonds is 5. The zero-order valence-electron chi connectivity index (χ0n) is 9.94. The van der Waals surface area contributed by atoms with Crippen LogP contribution in [0.3, 0.4) is 0 Å². The molecule has 17 heavy (non-hydrogen) atoms. The molecule has 3 heteroatoms. The summed E-state index contributed by atoms with van der Waals surface area (Å²) in [6.45, 7) is 0.554. The molecule has 0 saturated heterocycles. The number of ether oxygens (including phenoxy) is 1. The quantitative estimate of drug-likeness (QED) is 0.869. The molecule has 2 rings (SSSR count). The molecule has 1 saturated carbocycles. The van der Waals surface area contributed by atoms with E-state index in [9.17, 15) is 5.11 Å². The Hall–Kier alpha value is -0.730. The Morgan fingerprint density at radius 3 is 2.82 bits per heavy atom. The van der Waals surface area contributed by atoms with Crippen LogP contribution in [-0.2, 0) is 0 Å². The van der Waals surface area contributed by atoms with E-state index in [1.54, 1.807) is 6.07 Å². The lowest BCUT2D eigenvalue weighted by molar-refractivity contribution is 0.0853. The highest BCUT2D eigenvalue weighted by molar-refractivity contribution is 6.30. The molecule has 0 spiro atoms. The Bertz CT molecular complexity index is 348. The summed E-state index contributed by atoms with van der Waals surface area (Å²) >= 11 is 5.86. The van der Waals surface area contributed by atoms with Crippen molar-refractivity contribution < 1.29 is 9.84 Å². The van der Waals surface area contributed by atoms with Gasteiger partial charge in [0.15, 0.2) is 0 Å². The monoisotopic (exact) mass is 254 g/mol. The Morgan fingerprint density at radius 1 is 1.35 bits per heavy atom. The number of hydrogen-bond donors (Lipinski definition) is 1. The zero-order valence-corrected chi connectivity index (χ0v) is 10.7. The molecule has 0 radical (unpaired) electrons. The van der Waals surface area contributed by atoms with E-state index in [4.69, 9.17) is 16.3 Å². The molecule has 1 unspecified atom stereocenters. The maximum atomic E-state index is 9.98. The van der Waals surface area contributed by atoms with Crippen molar-refractivity contribution in [1.82, 2.24) is 0 Å². The van der Waals surface area contributed by atoms with Crippen LogP contribution in [0.25, 0.3) is 0 Å². The molecule has 2 nitrogen and oxygen atoms in total. The van der Waals surface area contributed by atoms with Crippen molar-refractivity contribution in [2.75, 3.05) is 6.61 Å². The summed E-state index contributed by atoms with van der Waals surface area (Å²) in [5.74, 6) is 1.26. The third-order valence-electron chi connectivity index (χ3n) is 3.42. The van der Waals surface area contributed by atoms with Gasteiger partial charge in [-0.05, 0) is 37.0 Å². The summed E-state index contributed by atoms with van der Waals surface area (Å²) in [6, 6.07) is 7.37. The molecule has 1 aliphatic rings. The SMILES string of the molecule is OC(CCOc1cccc(Cl)c1)C1CCCC1. The van der Waals surface area contributed by atoms with Gasteiger partial charge >= 0.3 is 0 Å². The van der Waals surface area contributed by atoms with Crippen molar-refractivity contribution in [3.63, 3.8) is 0 Å². The third kappa shape index (κ3) is 3.90. The van der Waals surface area contributed by atoms with Gasteiger partial charge in [-0.3, -0.25) is 0 Å². The average Bonchev–Trinajstić information content (AvgIpc) is 2.82. The second-order valence-electron chi connectivity index (χ2n) is 4.71. The Labute approximate surface area is 108 Å². The molecule has 0 aliphatic heterocycles. The first kappa shape index (κ1) is 12.7. The van der Waals surface area contributed by atoms with Crippen LogP contribution >= 0.6 is 11.6 Å². The lowest BCUT2D eigenvalue weighted by atomic mass is 9.99. The van der Waals surface area contributed by atoms with E-state index in [1.807, 2.05) is 18.2 Å². The van der Waals surface area contributed by atoms with E-state index >= 15 is 0 Å². The third-order valence-corrected chi connectivity index (χ3v) is 3.66. The van der Waals surface area contributed by atoms with Crippen LogP contribution in [0, 0.1) is 5.92 Å². The molecule has 1 N–H and O–H groups in total. The Kier molecular flexibility index (Phi) is 4.69. The van der Waals surface area contributed by atoms with Crippen LogP contribution in [0.5, 0.6) is 5.75 Å². The molecule has 1 aromatic rings. The molecular formula is C14H19ClO2. The number of aliphatic hydroxyl groups is 1. The molecule has 1 aliphatic carbocycles. The van der Waals surface area contributed by atoms with Gasteiger partial charge in [-0.2, -0.15) is 0 Å². The van der Waals surface area contributed by atoms with E-state index in [-0.39, 0.29) is 6.10 Å². The predicted octanol–water partition coefficient (Wildman–Crippen LogP) is 3.66. The maximum absolute atomic E-state index is 9.98. The van der Waals surface area contributed by atoms with Crippen molar-refractivity contribution in [2.24, 2.45) is 5.92 Å². The summed E-state index contributed by atoms with van der Waals surface area (Å²) in [4.78, 5) is 0. The van der Waals surface area contributed by atoms with E-state index in [1.165, 1.54) is 25.7 Å². The molecule has 0 bridgehead atoms. The summed E-state index contributed by atoms with van der Waals surface area (Å²) in [5, 5.41) is 10.7. The molecule has 0 amide bonds. The lowest BCUT2D eigenvalue weighted by Gasteiger charge is -2.17. The minimum Gasteiger partial charge on any atom is -0.493 e. The van der Waals surface area contributed by atoms with Crippen molar-refractivity contribution in [3.05, 3.63) is 29.3 Å². The van der Waals surface area contributed by atoms with Crippen LogP contribution in [0.2, 0.25) is 5.02 Å². The molecule has 1 atom stereocenters. The fraction of sp³-hybridized carbons (Fsp3) is 0.571. The van der Waals surface area contributed by atoms with Crippen LogP contribution in [0.15, 0.2) is 24.3 Å². The normalized spacial score (nSPS) is 18.2. The van der Waals surface area contributed by atoms with Crippen LogP contribution in [0.1, 0.15) is 32.1 Å². The average molecular weight is 255 g/mol. The number of hydrogen-bond acceptors (Lipinski definition) is 2. The second kappa shape index (κ2) is 6.27. The first-order valence-electron chi connectivity index (χ1n) is 6.32. The molecule has 0 aromatic heterocycles. The molecular weight excluding hydrogens is 236 g/mol. The van der Waals surface area contributed by atoms with Crippen LogP contribution in [-0.4, -0.2) is 17.8 Å². The number of aliphatic hydroxyl groups excluding tert-OH is 1. The highest BCUT2D eigenvalue weighted by atomic mass is 35.5. The zero-order chi connectivity index (χ0) is 12.1. The largest absolute Gasteiger partial charge is 0.493 e. The van der Waals surface area contributed by atoms with Crippen LogP contribution < -0.4 is 4.74 Å². The smallest absolute Gasteiger partial charge is 0.120 e. The summed E-state index contributed by atoms with van der Waals surface area (Å²) in [5.41, 5.74) is 0. The summed E-state index contributed by atoms with van der Waals surface area (Å²) < 4.78 is 5.57. The predicted molar refractivity (Wildman–Crippen MR) is 69.5 cm³/mol. The highest BCUT2D eigenvalue weighted by Crippen LogP contribution is 2.29. The van der Waals surface area contributed by atoms with Gasteiger partial charge in [0, 0.05) is 11.4 Å². The van der Waals surface area contributed by atoms with E-state index in [2.05, 4.69) is 0 Å². The van der Waals surface area contributed by atoms with Gasteiger partial charge in [-0.15, -0.1) is 0 Å². The molecule has 0 heterocycles. The fourth-order valence-corrected chi connectivity index (χ4v) is 2.61. The van der Waals surface area contributed by atoms with E-state index in [0.29, 0.717) is 24.0 Å². The summed E-state index contributed by atoms with van der Waals surface area (Å²) in [6.07, 6.45) is 5.35. The van der Waals surface area contributed by atoms with Crippen molar-refractivity contribution in [2.45, 2.75) is 38.2 Å². The lowest BCUT2D eigenvalue weighted by Crippen LogP contribution is -2.20. The van der Waals surface area contributed by atoms with E-state index in [0.717, 1.165) is 5.75 Å². The van der Waals surface area contributed by atoms with Crippen LogP contribution in [0.4, 0.5) is 0 Å². The first-order valence-corrected chi connectivity index (χ1v) is 6.70. The first-order chi connectivity index (χ1) is 8.25. The van der Waals surface area contributed by atoms with Crippen molar-refractivity contribution in [3.8, 4) is 5.75 Å². The number of halogens is 1. The Balaban J connectivity index is 1.71. The topological polar surface area (TPSA) is 29.5 Å². The molecule has 1 fully saturated rings. The maximum Gasteiger partial charge on any atom is 0.120 e. The minimum absolute atomic E-state index is 0.211. The van der Waals surface area contributed by atoms with Gasteiger partial charge in [0.1, 0.15) is 5.75 Å². The van der Waals surface area contributed by atoms with Gasteiger partial charge in [0.2, 0.25) is 0 Å². The van der Waals surface area contributed by atoms with Gasteiger partial charge < -0.3 is 9.84 Å². The number of benzene rings is 1. The Morgan fingerprint density at radius 2 is 2.12 bits per heavy atom. The van der Waals surface area contributed by atoms with Crippen molar-refractivity contribution in [1.29, 1.82) is 0 Å². The van der Waals surface area contributed by atoms with Crippen molar-refractivity contribution >= 4 is 11.6 Å². The van der Waals surface area contributed by atoms with E-state index < -0.39 is 0 Å². The van der Waals surface area contributed by atoms with Gasteiger partial charge in [0.05, 0.1) is 12.7 Å². The van der Waals surface area contributed by atoms with Gasteiger partial charge in [-0.1, -0.05) is 30.5 Å². The van der Waals surface area contributed by atoms with Gasteiger partial charge in [-0.25, -0.2) is 0 Å². The highest BCUT2D eigenvalue weighted by Gasteiger charge is 2.22. The molecule has 94 valence electrons. The summed E-state index contributed by atoms with van der Waals surface area (Å²) in [7, 11) is 0. The molecule has 1 aromatic carbocycles.